The molecular formula is C17H21N5O3. The van der Waals surface area contributed by atoms with Gasteiger partial charge in [0.05, 0.1) is 24.9 Å². The number of hydrogen-bond acceptors (Lipinski definition) is 5. The van der Waals surface area contributed by atoms with Gasteiger partial charge in [-0.15, -0.1) is 0 Å². The number of pyridine rings is 1. The Balaban J connectivity index is 1.59. The van der Waals surface area contributed by atoms with Crippen molar-refractivity contribution < 1.29 is 14.3 Å². The average molecular weight is 343 g/mol. The molecule has 3 aromatic rings. The first-order valence-corrected chi connectivity index (χ1v) is 8.32. The summed E-state index contributed by atoms with van der Waals surface area (Å²) in [5.41, 5.74) is 1.97. The minimum atomic E-state index is -0.518. The normalized spacial score (nSPS) is 18.8. The number of carbonyl (C=O) groups is 1. The maximum Gasteiger partial charge on any atom is 0.410 e. The van der Waals surface area contributed by atoms with Crippen LogP contribution in [0.3, 0.4) is 0 Å². The van der Waals surface area contributed by atoms with Crippen molar-refractivity contribution in [3.8, 4) is 0 Å². The van der Waals surface area contributed by atoms with Gasteiger partial charge >= 0.3 is 6.09 Å². The molecular weight excluding hydrogens is 322 g/mol. The lowest BCUT2D eigenvalue weighted by Gasteiger charge is -2.33. The summed E-state index contributed by atoms with van der Waals surface area (Å²) in [7, 11) is 0. The van der Waals surface area contributed by atoms with E-state index in [4.69, 9.17) is 9.47 Å². The van der Waals surface area contributed by atoms with Crippen LogP contribution in [0.25, 0.3) is 22.1 Å². The molecule has 1 aliphatic rings. The van der Waals surface area contributed by atoms with Gasteiger partial charge < -0.3 is 24.3 Å². The Kier molecular flexibility index (Phi) is 3.64. The summed E-state index contributed by atoms with van der Waals surface area (Å²) in [6.07, 6.45) is 2.95. The van der Waals surface area contributed by atoms with Crippen LogP contribution in [0.1, 0.15) is 32.7 Å². The Hall–Kier alpha value is -2.61. The lowest BCUT2D eigenvalue weighted by atomic mass is 10.2. The molecule has 0 saturated carbocycles. The number of aromatic nitrogens is 4. The number of H-pyrrole nitrogens is 2. The van der Waals surface area contributed by atoms with E-state index in [9.17, 15) is 4.79 Å². The molecule has 1 fully saturated rings. The van der Waals surface area contributed by atoms with Gasteiger partial charge in [0, 0.05) is 18.1 Å². The van der Waals surface area contributed by atoms with E-state index in [1.165, 1.54) is 0 Å². The van der Waals surface area contributed by atoms with Crippen molar-refractivity contribution in [2.75, 3.05) is 19.7 Å². The Morgan fingerprint density at radius 3 is 3.08 bits per heavy atom. The van der Waals surface area contributed by atoms with Gasteiger partial charge in [-0.25, -0.2) is 14.8 Å². The summed E-state index contributed by atoms with van der Waals surface area (Å²) in [4.78, 5) is 29.4. The molecule has 1 saturated heterocycles. The SMILES string of the molecule is CC(C)(C)OC(=O)N1CCOC(c2nc3c(cnc4[nH]ccc43)[nH]2)C1. The zero-order valence-electron chi connectivity index (χ0n) is 14.5. The standard InChI is InChI=1S/C17H21N5O3/c1-17(2,3)25-16(23)22-6-7-24-12(9-22)15-20-11-8-19-14-10(4-5-18-14)13(11)21-15/h4-5,8,12H,6-7,9H2,1-3H3,(H,18,19)(H,20,21). The molecule has 8 heteroatoms. The number of carbonyl (C=O) groups excluding carboxylic acids is 1. The van der Waals surface area contributed by atoms with Crippen LogP contribution in [0.15, 0.2) is 18.5 Å². The molecule has 4 heterocycles. The van der Waals surface area contributed by atoms with E-state index in [2.05, 4.69) is 19.9 Å². The number of nitrogens with zero attached hydrogens (tertiary/aromatic N) is 3. The molecule has 1 aliphatic heterocycles. The molecule has 132 valence electrons. The minimum absolute atomic E-state index is 0.317. The number of fused-ring (bicyclic) bond motifs is 3. The second kappa shape index (κ2) is 5.73. The van der Waals surface area contributed by atoms with Crippen molar-refractivity contribution in [2.24, 2.45) is 0 Å². The first-order valence-electron chi connectivity index (χ1n) is 8.32. The monoisotopic (exact) mass is 343 g/mol. The van der Waals surface area contributed by atoms with Crippen molar-refractivity contribution in [3.63, 3.8) is 0 Å². The zero-order valence-corrected chi connectivity index (χ0v) is 14.5. The second-order valence-corrected chi connectivity index (χ2v) is 7.17. The lowest BCUT2D eigenvalue weighted by molar-refractivity contribution is -0.0458. The summed E-state index contributed by atoms with van der Waals surface area (Å²) in [6, 6.07) is 1.95. The molecule has 0 bridgehead atoms. The molecule has 3 aromatic heterocycles. The predicted molar refractivity (Wildman–Crippen MR) is 92.2 cm³/mol. The van der Waals surface area contributed by atoms with E-state index in [1.807, 2.05) is 33.0 Å². The largest absolute Gasteiger partial charge is 0.444 e. The predicted octanol–water partition coefficient (Wildman–Crippen LogP) is 2.75. The van der Waals surface area contributed by atoms with Gasteiger partial charge in [0.2, 0.25) is 0 Å². The van der Waals surface area contributed by atoms with Crippen LogP contribution in [0.5, 0.6) is 0 Å². The van der Waals surface area contributed by atoms with Crippen LogP contribution in [0.2, 0.25) is 0 Å². The average Bonchev–Trinajstić information content (AvgIpc) is 3.19. The third-order valence-electron chi connectivity index (χ3n) is 4.08. The zero-order chi connectivity index (χ0) is 17.6. The number of nitrogens with one attached hydrogen (secondary N) is 2. The third kappa shape index (κ3) is 3.05. The highest BCUT2D eigenvalue weighted by Crippen LogP contribution is 2.26. The van der Waals surface area contributed by atoms with Crippen LogP contribution in [-0.2, 0) is 9.47 Å². The minimum Gasteiger partial charge on any atom is -0.444 e. The Morgan fingerprint density at radius 1 is 1.44 bits per heavy atom. The number of morpholine rings is 1. The number of amides is 1. The fourth-order valence-corrected chi connectivity index (χ4v) is 2.95. The maximum atomic E-state index is 12.3. The summed E-state index contributed by atoms with van der Waals surface area (Å²) >= 11 is 0. The molecule has 0 radical (unpaired) electrons. The number of rotatable bonds is 1. The van der Waals surface area contributed by atoms with Crippen LogP contribution in [0, 0.1) is 0 Å². The molecule has 0 aromatic carbocycles. The van der Waals surface area contributed by atoms with Gasteiger partial charge in [0.1, 0.15) is 28.7 Å². The van der Waals surface area contributed by atoms with Gasteiger partial charge in [0.25, 0.3) is 0 Å². The van der Waals surface area contributed by atoms with Crippen molar-refractivity contribution in [3.05, 3.63) is 24.3 Å². The second-order valence-electron chi connectivity index (χ2n) is 7.17. The molecule has 1 atom stereocenters. The molecule has 1 unspecified atom stereocenters. The molecule has 4 rings (SSSR count). The maximum absolute atomic E-state index is 12.3. The van der Waals surface area contributed by atoms with E-state index < -0.39 is 5.60 Å². The molecule has 2 N–H and O–H groups in total. The number of imidazole rings is 1. The number of aromatic amines is 2. The Labute approximate surface area is 144 Å². The third-order valence-corrected chi connectivity index (χ3v) is 4.08. The van der Waals surface area contributed by atoms with Crippen LogP contribution in [-0.4, -0.2) is 56.2 Å². The molecule has 1 amide bonds. The highest BCUT2D eigenvalue weighted by atomic mass is 16.6. The van der Waals surface area contributed by atoms with Gasteiger partial charge in [-0.05, 0) is 26.8 Å². The fourth-order valence-electron chi connectivity index (χ4n) is 2.95. The molecule has 0 aliphatic carbocycles. The van der Waals surface area contributed by atoms with Crippen molar-refractivity contribution in [1.29, 1.82) is 0 Å². The quantitative estimate of drug-likeness (QED) is 0.708. The van der Waals surface area contributed by atoms with Crippen molar-refractivity contribution in [1.82, 2.24) is 24.8 Å². The van der Waals surface area contributed by atoms with E-state index in [-0.39, 0.29) is 12.2 Å². The highest BCUT2D eigenvalue weighted by Gasteiger charge is 2.30. The number of ether oxygens (including phenoxy) is 2. The van der Waals surface area contributed by atoms with E-state index in [0.29, 0.717) is 25.5 Å². The first kappa shape index (κ1) is 15.9. The van der Waals surface area contributed by atoms with E-state index >= 15 is 0 Å². The van der Waals surface area contributed by atoms with E-state index in [1.54, 1.807) is 11.1 Å². The van der Waals surface area contributed by atoms with Crippen molar-refractivity contribution >= 4 is 28.2 Å². The smallest absolute Gasteiger partial charge is 0.410 e. The van der Waals surface area contributed by atoms with E-state index in [0.717, 1.165) is 22.1 Å². The highest BCUT2D eigenvalue weighted by molar-refractivity contribution is 6.00. The van der Waals surface area contributed by atoms with Gasteiger partial charge in [-0.3, -0.25) is 0 Å². The summed E-state index contributed by atoms with van der Waals surface area (Å²) in [6.45, 7) is 6.93. The fraction of sp³-hybridized carbons (Fsp3) is 0.471. The summed E-state index contributed by atoms with van der Waals surface area (Å²) < 4.78 is 11.3. The molecule has 8 nitrogen and oxygen atoms in total. The lowest BCUT2D eigenvalue weighted by Crippen LogP contribution is -2.44. The Morgan fingerprint density at radius 2 is 2.28 bits per heavy atom. The van der Waals surface area contributed by atoms with Crippen LogP contribution >= 0.6 is 0 Å². The summed E-state index contributed by atoms with van der Waals surface area (Å²) in [5, 5.41) is 0.958. The van der Waals surface area contributed by atoms with Crippen LogP contribution in [0.4, 0.5) is 4.79 Å². The summed E-state index contributed by atoms with van der Waals surface area (Å²) in [5.74, 6) is 0.693. The first-order chi connectivity index (χ1) is 11.9. The van der Waals surface area contributed by atoms with Gasteiger partial charge in [0.15, 0.2) is 0 Å². The van der Waals surface area contributed by atoms with Crippen LogP contribution < -0.4 is 0 Å². The van der Waals surface area contributed by atoms with Gasteiger partial charge in [-0.1, -0.05) is 0 Å². The van der Waals surface area contributed by atoms with Gasteiger partial charge in [-0.2, -0.15) is 0 Å². The number of hydrogen-bond donors (Lipinski definition) is 2. The molecule has 0 spiro atoms. The molecule has 25 heavy (non-hydrogen) atoms. The van der Waals surface area contributed by atoms with Crippen molar-refractivity contribution in [2.45, 2.75) is 32.5 Å². The topological polar surface area (TPSA) is 96.1 Å². The Bertz CT molecular complexity index is 923.